The van der Waals surface area contributed by atoms with Crippen molar-refractivity contribution in [1.82, 2.24) is 10.1 Å². The molecule has 6 heteroatoms. The highest BCUT2D eigenvalue weighted by Gasteiger charge is 2.21. The summed E-state index contributed by atoms with van der Waals surface area (Å²) in [5.74, 6) is 0.0198. The van der Waals surface area contributed by atoms with Gasteiger partial charge in [-0.3, -0.25) is 0 Å². The fourth-order valence-corrected chi connectivity index (χ4v) is 1.98. The summed E-state index contributed by atoms with van der Waals surface area (Å²) in [6, 6.07) is 4.43. The lowest BCUT2D eigenvalue weighted by atomic mass is 10.1. The quantitative estimate of drug-likeness (QED) is 0.821. The molecule has 1 aromatic heterocycles. The highest BCUT2D eigenvalue weighted by molar-refractivity contribution is 5.70. The summed E-state index contributed by atoms with van der Waals surface area (Å²) < 4.78 is 24.5. The Morgan fingerprint density at radius 1 is 1.40 bits per heavy atom. The molecule has 0 amide bonds. The number of nitrogens with two attached hydrogens (primary N) is 1. The molecule has 0 aliphatic carbocycles. The second-order valence-corrected chi connectivity index (χ2v) is 4.39. The van der Waals surface area contributed by atoms with Crippen LogP contribution in [0.2, 0.25) is 0 Å². The van der Waals surface area contributed by atoms with E-state index in [4.69, 9.17) is 15.0 Å². The molecular formula is C14H18FN3O2. The zero-order valence-electron chi connectivity index (χ0n) is 11.6. The molecule has 0 radical (unpaired) electrons. The molecule has 0 aliphatic rings. The summed E-state index contributed by atoms with van der Waals surface area (Å²) >= 11 is 0. The van der Waals surface area contributed by atoms with E-state index in [0.29, 0.717) is 12.4 Å². The van der Waals surface area contributed by atoms with Crippen molar-refractivity contribution in [3.05, 3.63) is 29.8 Å². The summed E-state index contributed by atoms with van der Waals surface area (Å²) in [5.41, 5.74) is 6.16. The van der Waals surface area contributed by atoms with Gasteiger partial charge in [-0.05, 0) is 25.5 Å². The molecule has 0 aliphatic heterocycles. The van der Waals surface area contributed by atoms with Gasteiger partial charge >= 0.3 is 0 Å². The summed E-state index contributed by atoms with van der Waals surface area (Å²) in [6.07, 6.45) is 1.46. The Bertz CT molecular complexity index is 545. The third-order valence-electron chi connectivity index (χ3n) is 2.91. The molecule has 1 unspecified atom stereocenters. The Kier molecular flexibility index (Phi) is 4.68. The van der Waals surface area contributed by atoms with Crippen molar-refractivity contribution in [1.29, 1.82) is 0 Å². The Morgan fingerprint density at radius 3 is 2.85 bits per heavy atom. The maximum atomic E-state index is 13.8. The number of halogens is 1. The molecule has 2 rings (SSSR count). The van der Waals surface area contributed by atoms with Crippen molar-refractivity contribution in [2.24, 2.45) is 0 Å². The van der Waals surface area contributed by atoms with Crippen molar-refractivity contribution in [2.75, 3.05) is 12.3 Å². The monoisotopic (exact) mass is 279 g/mol. The molecule has 5 nitrogen and oxygen atoms in total. The minimum atomic E-state index is -0.483. The van der Waals surface area contributed by atoms with E-state index in [9.17, 15) is 4.39 Å². The molecule has 108 valence electrons. The largest absolute Gasteiger partial charge is 0.398 e. The number of rotatable bonds is 6. The molecule has 1 heterocycles. The number of anilines is 1. The Morgan fingerprint density at radius 2 is 2.20 bits per heavy atom. The molecule has 2 aromatic rings. The van der Waals surface area contributed by atoms with E-state index in [-0.39, 0.29) is 23.2 Å². The normalized spacial score (nSPS) is 12.6. The number of nitrogens with zero attached hydrogens (tertiary/aromatic N) is 2. The highest BCUT2D eigenvalue weighted by atomic mass is 19.1. The molecule has 0 fully saturated rings. The Labute approximate surface area is 116 Å². The van der Waals surface area contributed by atoms with Crippen LogP contribution in [0.25, 0.3) is 11.5 Å². The van der Waals surface area contributed by atoms with E-state index in [2.05, 4.69) is 10.1 Å². The predicted molar refractivity (Wildman–Crippen MR) is 73.4 cm³/mol. The standard InChI is InChI=1S/C14H18FN3O2/c1-3-6-11(19-4-2)13-17-14(20-18-13)12-9(15)7-5-8-10(12)16/h5,7-8,11H,3-4,6,16H2,1-2H3. The molecule has 0 bridgehead atoms. The van der Waals surface area contributed by atoms with Gasteiger partial charge in [-0.2, -0.15) is 4.98 Å². The molecule has 0 spiro atoms. The van der Waals surface area contributed by atoms with Gasteiger partial charge in [0.1, 0.15) is 11.9 Å². The van der Waals surface area contributed by atoms with E-state index in [1.165, 1.54) is 12.1 Å². The maximum Gasteiger partial charge on any atom is 0.263 e. The van der Waals surface area contributed by atoms with E-state index in [0.717, 1.165) is 12.8 Å². The lowest BCUT2D eigenvalue weighted by Gasteiger charge is -2.11. The first-order valence-corrected chi connectivity index (χ1v) is 6.66. The summed E-state index contributed by atoms with van der Waals surface area (Å²) in [5, 5.41) is 3.88. The summed E-state index contributed by atoms with van der Waals surface area (Å²) in [4.78, 5) is 4.22. The fourth-order valence-electron chi connectivity index (χ4n) is 1.98. The van der Waals surface area contributed by atoms with Crippen LogP contribution in [0.3, 0.4) is 0 Å². The minimum absolute atomic E-state index is 0.0800. The van der Waals surface area contributed by atoms with Gasteiger partial charge < -0.3 is 15.0 Å². The first-order valence-electron chi connectivity index (χ1n) is 6.66. The fraction of sp³-hybridized carbons (Fsp3) is 0.429. The molecule has 1 aromatic carbocycles. The van der Waals surface area contributed by atoms with Gasteiger partial charge in [0.2, 0.25) is 5.82 Å². The van der Waals surface area contributed by atoms with Crippen LogP contribution in [-0.2, 0) is 4.74 Å². The van der Waals surface area contributed by atoms with Crippen LogP contribution in [0.4, 0.5) is 10.1 Å². The number of benzene rings is 1. The molecule has 1 atom stereocenters. The Balaban J connectivity index is 2.32. The molecular weight excluding hydrogens is 261 g/mol. The predicted octanol–water partition coefficient (Wildman–Crippen LogP) is 3.34. The lowest BCUT2D eigenvalue weighted by molar-refractivity contribution is 0.0478. The van der Waals surface area contributed by atoms with Crippen molar-refractivity contribution in [3.63, 3.8) is 0 Å². The maximum absolute atomic E-state index is 13.8. The van der Waals surface area contributed by atoms with Crippen LogP contribution in [0.15, 0.2) is 22.7 Å². The number of hydrogen-bond donors (Lipinski definition) is 1. The van der Waals surface area contributed by atoms with Crippen LogP contribution in [-0.4, -0.2) is 16.7 Å². The SMILES string of the molecule is CCCC(OCC)c1noc(-c2c(N)cccc2F)n1. The molecule has 0 saturated carbocycles. The van der Waals surface area contributed by atoms with E-state index < -0.39 is 5.82 Å². The third-order valence-corrected chi connectivity index (χ3v) is 2.91. The van der Waals surface area contributed by atoms with Gasteiger partial charge in [0.05, 0.1) is 5.56 Å². The average molecular weight is 279 g/mol. The van der Waals surface area contributed by atoms with Crippen molar-refractivity contribution in [2.45, 2.75) is 32.8 Å². The van der Waals surface area contributed by atoms with Crippen molar-refractivity contribution >= 4 is 5.69 Å². The van der Waals surface area contributed by atoms with E-state index >= 15 is 0 Å². The second kappa shape index (κ2) is 6.47. The highest BCUT2D eigenvalue weighted by Crippen LogP contribution is 2.29. The van der Waals surface area contributed by atoms with Crippen LogP contribution < -0.4 is 5.73 Å². The molecule has 2 N–H and O–H groups in total. The van der Waals surface area contributed by atoms with Gasteiger partial charge in [-0.15, -0.1) is 0 Å². The molecule has 0 saturated heterocycles. The van der Waals surface area contributed by atoms with Gasteiger partial charge in [-0.25, -0.2) is 4.39 Å². The van der Waals surface area contributed by atoms with Gasteiger partial charge in [0.15, 0.2) is 0 Å². The van der Waals surface area contributed by atoms with E-state index in [1.807, 2.05) is 13.8 Å². The van der Waals surface area contributed by atoms with Crippen molar-refractivity contribution in [3.8, 4) is 11.5 Å². The average Bonchev–Trinajstić information content (AvgIpc) is 2.87. The van der Waals surface area contributed by atoms with Crippen LogP contribution in [0.5, 0.6) is 0 Å². The van der Waals surface area contributed by atoms with Crippen LogP contribution in [0, 0.1) is 5.82 Å². The summed E-state index contributed by atoms with van der Waals surface area (Å²) in [6.45, 7) is 4.50. The van der Waals surface area contributed by atoms with Crippen molar-refractivity contribution < 1.29 is 13.7 Å². The van der Waals surface area contributed by atoms with Gasteiger partial charge in [0, 0.05) is 12.3 Å². The second-order valence-electron chi connectivity index (χ2n) is 4.39. The molecule has 20 heavy (non-hydrogen) atoms. The van der Waals surface area contributed by atoms with Gasteiger partial charge in [-0.1, -0.05) is 24.6 Å². The lowest BCUT2D eigenvalue weighted by Crippen LogP contribution is -2.06. The number of ether oxygens (including phenoxy) is 1. The minimum Gasteiger partial charge on any atom is -0.398 e. The first-order chi connectivity index (χ1) is 9.67. The number of hydrogen-bond acceptors (Lipinski definition) is 5. The first kappa shape index (κ1) is 14.5. The third kappa shape index (κ3) is 2.96. The van der Waals surface area contributed by atoms with E-state index in [1.54, 1.807) is 6.07 Å². The smallest absolute Gasteiger partial charge is 0.263 e. The summed E-state index contributed by atoms with van der Waals surface area (Å²) in [7, 11) is 0. The zero-order chi connectivity index (χ0) is 14.5. The topological polar surface area (TPSA) is 74.2 Å². The van der Waals surface area contributed by atoms with Crippen LogP contribution >= 0.6 is 0 Å². The zero-order valence-corrected chi connectivity index (χ0v) is 11.6. The number of aromatic nitrogens is 2. The van der Waals surface area contributed by atoms with Gasteiger partial charge in [0.25, 0.3) is 5.89 Å². The number of nitrogen functional groups attached to an aromatic ring is 1. The Hall–Kier alpha value is -1.95. The van der Waals surface area contributed by atoms with Crippen LogP contribution in [0.1, 0.15) is 38.6 Å².